The van der Waals surface area contributed by atoms with Gasteiger partial charge in [-0.25, -0.2) is 13.8 Å². The highest BCUT2D eigenvalue weighted by molar-refractivity contribution is 7.80. The van der Waals surface area contributed by atoms with Crippen LogP contribution < -0.4 is 5.73 Å². The Balaban J connectivity index is 0.000000271. The fourth-order valence-electron chi connectivity index (χ4n) is 3.59. The number of benzene rings is 2. The van der Waals surface area contributed by atoms with Crippen molar-refractivity contribution in [3.8, 4) is 11.1 Å². The van der Waals surface area contributed by atoms with Crippen molar-refractivity contribution in [3.63, 3.8) is 0 Å². The third-order valence-corrected chi connectivity index (χ3v) is 5.88. The number of aromatic carboxylic acids is 2. The lowest BCUT2D eigenvalue weighted by Crippen LogP contribution is -2.59. The first-order valence-electron chi connectivity index (χ1n) is 10.6. The van der Waals surface area contributed by atoms with Crippen LogP contribution >= 0.6 is 0 Å². The van der Waals surface area contributed by atoms with Gasteiger partial charge in [0.2, 0.25) is 6.29 Å². The second kappa shape index (κ2) is 12.5. The van der Waals surface area contributed by atoms with Crippen molar-refractivity contribution in [3.05, 3.63) is 58.7 Å². The van der Waals surface area contributed by atoms with E-state index in [4.69, 9.17) is 20.5 Å². The van der Waals surface area contributed by atoms with Gasteiger partial charge in [-0.3, -0.25) is 4.55 Å². The van der Waals surface area contributed by atoms with Gasteiger partial charge >= 0.3 is 22.3 Å². The molecule has 1 saturated heterocycles. The van der Waals surface area contributed by atoms with E-state index in [9.17, 15) is 38.4 Å². The van der Waals surface area contributed by atoms with Crippen molar-refractivity contribution in [1.82, 2.24) is 0 Å². The fraction of sp³-hybridized carbons (Fsp3) is 0.364. The average Bonchev–Trinajstić information content (AvgIpc) is 2.83. The average molecular weight is 546 g/mol. The largest absolute Gasteiger partial charge is 0.478 e. The van der Waals surface area contributed by atoms with Crippen LogP contribution in [0.3, 0.4) is 0 Å². The number of rotatable bonds is 7. The second-order valence-corrected chi connectivity index (χ2v) is 8.94. The summed E-state index contributed by atoms with van der Waals surface area (Å²) in [6.45, 7) is 1.13. The third kappa shape index (κ3) is 7.51. The van der Waals surface area contributed by atoms with E-state index in [0.29, 0.717) is 17.7 Å². The van der Waals surface area contributed by atoms with Gasteiger partial charge in [-0.1, -0.05) is 24.3 Å². The first kappa shape index (κ1) is 30.2. The van der Waals surface area contributed by atoms with E-state index in [-0.39, 0.29) is 16.7 Å². The zero-order valence-corrected chi connectivity index (χ0v) is 20.1. The maximum Gasteiger partial charge on any atom is 0.399 e. The number of hydrogen-bond acceptors (Lipinski definition) is 11. The molecule has 0 unspecified atom stereocenters. The Kier molecular flexibility index (Phi) is 10.2. The Morgan fingerprint density at radius 3 is 2.19 bits per heavy atom. The molecule has 1 heterocycles. The molecule has 1 fully saturated rings. The number of aliphatic hydroxyl groups is 4. The van der Waals surface area contributed by atoms with E-state index in [1.807, 2.05) is 12.1 Å². The summed E-state index contributed by atoms with van der Waals surface area (Å²) in [5.41, 5.74) is 7.90. The Morgan fingerprint density at radius 1 is 1.03 bits per heavy atom. The molecule has 0 saturated carbocycles. The van der Waals surface area contributed by atoms with Crippen LogP contribution in [0, 0.1) is 6.92 Å². The number of ether oxygens (including phenoxy) is 1. The van der Waals surface area contributed by atoms with Crippen LogP contribution in [0.5, 0.6) is 0 Å². The molecule has 0 amide bonds. The van der Waals surface area contributed by atoms with Gasteiger partial charge < -0.3 is 41.1 Å². The lowest BCUT2D eigenvalue weighted by molar-refractivity contribution is -0.277. The fourth-order valence-corrected chi connectivity index (χ4v) is 3.99. The van der Waals surface area contributed by atoms with Gasteiger partial charge in [-0.15, -0.1) is 0 Å². The molecule has 14 nitrogen and oxygen atoms in total. The minimum Gasteiger partial charge on any atom is -0.478 e. The smallest absolute Gasteiger partial charge is 0.399 e. The zero-order chi connectivity index (χ0) is 28.1. The van der Waals surface area contributed by atoms with Crippen molar-refractivity contribution in [2.75, 3.05) is 6.61 Å². The number of nitrogens with two attached hydrogens (primary N) is 1. The van der Waals surface area contributed by atoms with E-state index < -0.39 is 59.7 Å². The van der Waals surface area contributed by atoms with Crippen molar-refractivity contribution >= 4 is 22.3 Å². The van der Waals surface area contributed by atoms with Crippen molar-refractivity contribution in [2.45, 2.75) is 44.2 Å². The molecule has 9 N–H and O–H groups in total. The lowest BCUT2D eigenvalue weighted by atomic mass is 9.92. The van der Waals surface area contributed by atoms with Crippen molar-refractivity contribution in [2.24, 2.45) is 5.73 Å². The molecule has 1 aliphatic rings. The van der Waals surface area contributed by atoms with Crippen LogP contribution in [0.2, 0.25) is 0 Å². The Morgan fingerprint density at radius 2 is 1.68 bits per heavy atom. The summed E-state index contributed by atoms with van der Waals surface area (Å²) in [6, 6.07) is 10.2. The summed E-state index contributed by atoms with van der Waals surface area (Å²) in [5.74, 6) is -2.29. The van der Waals surface area contributed by atoms with Gasteiger partial charge in [0, 0.05) is 6.54 Å². The molecule has 3 rings (SSSR count). The number of aliphatic hydroxyl groups excluding tert-OH is 4. The Bertz CT molecular complexity index is 1230. The molecule has 204 valence electrons. The topological polar surface area (TPSA) is 254 Å². The minimum absolute atomic E-state index is 0.00377. The molecule has 37 heavy (non-hydrogen) atoms. The molecule has 2 aromatic carbocycles. The molecule has 0 radical (unpaired) electrons. The van der Waals surface area contributed by atoms with Crippen LogP contribution in [0.4, 0.5) is 0 Å². The molecular formula is C22H27NO13S. The summed E-state index contributed by atoms with van der Waals surface area (Å²) >= 11 is 0. The molecule has 2 aromatic rings. The summed E-state index contributed by atoms with van der Waals surface area (Å²) in [4.78, 5) is 22.7. The minimum atomic E-state index is -4.89. The number of hydrogen-bond donors (Lipinski definition) is 8. The van der Waals surface area contributed by atoms with Crippen LogP contribution in [0.25, 0.3) is 11.1 Å². The van der Waals surface area contributed by atoms with Crippen molar-refractivity contribution < 1.29 is 62.1 Å². The van der Waals surface area contributed by atoms with Crippen LogP contribution in [-0.4, -0.2) is 92.9 Å². The quantitative estimate of drug-likeness (QED) is 0.197. The molecule has 5 atom stereocenters. The third-order valence-electron chi connectivity index (χ3n) is 5.45. The highest BCUT2D eigenvalue weighted by atomic mass is 32.3. The SMILES string of the molecule is Cc1c(C(=O)O)ccc(-c2cccc(CN)c2)c1C(=O)O.O=S(=O)(O)O[C@@H]1O[C@H](CO)[C@@H](O)[C@H](O)[C@H]1O. The van der Waals surface area contributed by atoms with E-state index in [1.54, 1.807) is 12.1 Å². The van der Waals surface area contributed by atoms with E-state index >= 15 is 0 Å². The molecular weight excluding hydrogens is 518 g/mol. The van der Waals surface area contributed by atoms with Crippen molar-refractivity contribution in [1.29, 1.82) is 0 Å². The molecule has 0 aliphatic carbocycles. The van der Waals surface area contributed by atoms with Gasteiger partial charge in [0.1, 0.15) is 24.4 Å². The standard InChI is InChI=1S/C16H15NO4.C6H12O9S/c1-9-12(15(18)19)5-6-13(14(9)16(20)21)11-4-2-3-10(7-11)8-17;7-1-2-3(8)4(9)5(10)6(14-2)15-16(11,12)13/h2-7H,8,17H2,1H3,(H,18,19)(H,20,21);2-10H,1H2,(H,11,12,13)/t;2-,3-,4+,5-,6+/m.1/s1. The van der Waals surface area contributed by atoms with Gasteiger partial charge in [0.25, 0.3) is 0 Å². The summed E-state index contributed by atoms with van der Waals surface area (Å²) in [6.07, 6.45) is -8.46. The normalized spacial score (nSPS) is 23.6. The van der Waals surface area contributed by atoms with Crippen LogP contribution in [0.15, 0.2) is 36.4 Å². The number of carbonyl (C=O) groups is 2. The van der Waals surface area contributed by atoms with Gasteiger partial charge in [0.15, 0.2) is 0 Å². The second-order valence-electron chi connectivity index (χ2n) is 7.90. The van der Waals surface area contributed by atoms with Gasteiger partial charge in [-0.05, 0) is 41.3 Å². The first-order chi connectivity index (χ1) is 17.2. The van der Waals surface area contributed by atoms with E-state index in [2.05, 4.69) is 8.92 Å². The molecule has 0 spiro atoms. The zero-order valence-electron chi connectivity index (χ0n) is 19.3. The first-order valence-corrected chi connectivity index (χ1v) is 11.9. The van der Waals surface area contributed by atoms with Crippen LogP contribution in [-0.2, 0) is 25.9 Å². The maximum absolute atomic E-state index is 11.5. The maximum atomic E-state index is 11.5. The molecule has 1 aliphatic heterocycles. The Labute approximate surface area is 211 Å². The Hall–Kier alpha value is -2.99. The van der Waals surface area contributed by atoms with Gasteiger partial charge in [0.05, 0.1) is 17.7 Å². The monoisotopic (exact) mass is 545 g/mol. The predicted octanol–water partition coefficient (Wildman–Crippen LogP) is -0.877. The molecule has 0 bridgehead atoms. The summed E-state index contributed by atoms with van der Waals surface area (Å²) in [7, 11) is -4.89. The summed E-state index contributed by atoms with van der Waals surface area (Å²) < 4.78 is 37.6. The van der Waals surface area contributed by atoms with E-state index in [1.165, 1.54) is 19.1 Å². The summed E-state index contributed by atoms with van der Waals surface area (Å²) in [5, 5.41) is 55.1. The number of carboxylic acid groups (broad SMARTS) is 2. The predicted molar refractivity (Wildman–Crippen MR) is 125 cm³/mol. The van der Waals surface area contributed by atoms with Gasteiger partial charge in [-0.2, -0.15) is 8.42 Å². The highest BCUT2D eigenvalue weighted by Crippen LogP contribution is 2.29. The molecule has 0 aromatic heterocycles. The lowest BCUT2D eigenvalue weighted by Gasteiger charge is -2.38. The van der Waals surface area contributed by atoms with Crippen LogP contribution in [0.1, 0.15) is 31.8 Å². The number of carboxylic acids is 2. The molecule has 15 heteroatoms. The van der Waals surface area contributed by atoms with E-state index in [0.717, 1.165) is 5.56 Å². The highest BCUT2D eigenvalue weighted by Gasteiger charge is 2.45.